The fourth-order valence-corrected chi connectivity index (χ4v) is 2.95. The van der Waals surface area contributed by atoms with Crippen molar-refractivity contribution in [3.05, 3.63) is 0 Å². The molecular weight excluding hydrogens is 285 g/mol. The van der Waals surface area contributed by atoms with Gasteiger partial charge in [0.25, 0.3) is 10.2 Å². The Balaban J connectivity index is 2.41. The van der Waals surface area contributed by atoms with Crippen molar-refractivity contribution < 1.29 is 21.6 Å². The maximum Gasteiger partial charge on any atom is 0.402 e. The molecule has 1 saturated heterocycles. The minimum Gasteiger partial charge on any atom is -0.330 e. The second-order valence-corrected chi connectivity index (χ2v) is 6.08. The molecule has 6 nitrogen and oxygen atoms in total. The van der Waals surface area contributed by atoms with Crippen LogP contribution in [0.2, 0.25) is 0 Å². The number of rotatable bonds is 6. The van der Waals surface area contributed by atoms with E-state index in [1.54, 1.807) is 4.72 Å². The molecule has 0 aromatic heterocycles. The zero-order chi connectivity index (χ0) is 14.5. The summed E-state index contributed by atoms with van der Waals surface area (Å²) in [6.07, 6.45) is -3.73. The minimum absolute atomic E-state index is 0.192. The third-order valence-electron chi connectivity index (χ3n) is 2.80. The number of nitrogens with one attached hydrogen (secondary N) is 1. The number of hydrogen-bond donors (Lipinski definition) is 2. The molecule has 1 aliphatic rings. The maximum absolute atomic E-state index is 12.0. The van der Waals surface area contributed by atoms with Crippen molar-refractivity contribution in [3.8, 4) is 0 Å². The van der Waals surface area contributed by atoms with Gasteiger partial charge in [0, 0.05) is 26.2 Å². The van der Waals surface area contributed by atoms with Crippen molar-refractivity contribution in [2.75, 3.05) is 45.8 Å². The van der Waals surface area contributed by atoms with Gasteiger partial charge in [-0.25, -0.2) is 0 Å². The summed E-state index contributed by atoms with van der Waals surface area (Å²) in [5.41, 5.74) is 5.37. The highest BCUT2D eigenvalue weighted by molar-refractivity contribution is 7.87. The van der Waals surface area contributed by atoms with Crippen molar-refractivity contribution in [1.29, 1.82) is 0 Å². The Kier molecular flexibility index (Phi) is 5.99. The van der Waals surface area contributed by atoms with E-state index >= 15 is 0 Å². The summed E-state index contributed by atoms with van der Waals surface area (Å²) < 4.78 is 61.8. The molecular formula is C9H19F3N4O2S. The quantitative estimate of drug-likeness (QED) is 0.683. The molecule has 0 radical (unpaired) electrons. The Hall–Kier alpha value is -0.420. The molecule has 3 N–H and O–H groups in total. The van der Waals surface area contributed by atoms with Gasteiger partial charge in [0.1, 0.15) is 6.54 Å². The predicted octanol–water partition coefficient (Wildman–Crippen LogP) is -0.650. The van der Waals surface area contributed by atoms with E-state index in [2.05, 4.69) is 0 Å². The van der Waals surface area contributed by atoms with Crippen molar-refractivity contribution in [1.82, 2.24) is 13.9 Å². The highest BCUT2D eigenvalue weighted by Crippen LogP contribution is 2.14. The Bertz CT molecular complexity index is 366. The number of halogens is 3. The molecule has 0 atom stereocenters. The van der Waals surface area contributed by atoms with Gasteiger partial charge in [-0.2, -0.15) is 30.6 Å². The molecule has 1 aliphatic heterocycles. The lowest BCUT2D eigenvalue weighted by Gasteiger charge is -2.33. The SMILES string of the molecule is NCCCN1CCN(S(=O)(=O)NCC(F)(F)F)CC1. The van der Waals surface area contributed by atoms with Crippen LogP contribution in [0.1, 0.15) is 6.42 Å². The van der Waals surface area contributed by atoms with Crippen LogP contribution in [0.3, 0.4) is 0 Å². The third-order valence-corrected chi connectivity index (χ3v) is 4.36. The van der Waals surface area contributed by atoms with Gasteiger partial charge in [0.2, 0.25) is 0 Å². The lowest BCUT2D eigenvalue weighted by molar-refractivity contribution is -0.121. The first-order chi connectivity index (χ1) is 8.74. The van der Waals surface area contributed by atoms with Gasteiger partial charge in [-0.05, 0) is 19.5 Å². The van der Waals surface area contributed by atoms with Crippen molar-refractivity contribution in [2.45, 2.75) is 12.6 Å². The van der Waals surface area contributed by atoms with Gasteiger partial charge in [0.05, 0.1) is 0 Å². The van der Waals surface area contributed by atoms with Crippen molar-refractivity contribution >= 4 is 10.2 Å². The molecule has 19 heavy (non-hydrogen) atoms. The van der Waals surface area contributed by atoms with E-state index in [0.717, 1.165) is 17.3 Å². The van der Waals surface area contributed by atoms with Gasteiger partial charge in [0.15, 0.2) is 0 Å². The van der Waals surface area contributed by atoms with E-state index in [4.69, 9.17) is 5.73 Å². The fourth-order valence-electron chi connectivity index (χ4n) is 1.77. The summed E-state index contributed by atoms with van der Waals surface area (Å²) in [6.45, 7) is 1.20. The van der Waals surface area contributed by atoms with Crippen LogP contribution in [0.15, 0.2) is 0 Å². The lowest BCUT2D eigenvalue weighted by atomic mass is 10.3. The largest absolute Gasteiger partial charge is 0.402 e. The Morgan fingerprint density at radius 3 is 2.21 bits per heavy atom. The molecule has 1 heterocycles. The van der Waals surface area contributed by atoms with E-state index in [1.807, 2.05) is 4.90 Å². The van der Waals surface area contributed by atoms with E-state index in [-0.39, 0.29) is 13.1 Å². The molecule has 1 rings (SSSR count). The van der Waals surface area contributed by atoms with Crippen LogP contribution in [0, 0.1) is 0 Å². The van der Waals surface area contributed by atoms with Gasteiger partial charge in [-0.1, -0.05) is 0 Å². The van der Waals surface area contributed by atoms with Crippen LogP contribution in [-0.2, 0) is 10.2 Å². The molecule has 10 heteroatoms. The first-order valence-electron chi connectivity index (χ1n) is 5.98. The predicted molar refractivity (Wildman–Crippen MR) is 64.7 cm³/mol. The summed E-state index contributed by atoms with van der Waals surface area (Å²) in [5, 5.41) is 0. The highest BCUT2D eigenvalue weighted by atomic mass is 32.2. The lowest BCUT2D eigenvalue weighted by Crippen LogP contribution is -2.53. The molecule has 0 aromatic rings. The van der Waals surface area contributed by atoms with Gasteiger partial charge in [-0.3, -0.25) is 0 Å². The molecule has 0 amide bonds. The molecule has 0 spiro atoms. The first kappa shape index (κ1) is 16.6. The van der Waals surface area contributed by atoms with Crippen LogP contribution in [0.25, 0.3) is 0 Å². The Labute approximate surface area is 110 Å². The average molecular weight is 304 g/mol. The fraction of sp³-hybridized carbons (Fsp3) is 1.00. The number of hydrogen-bond acceptors (Lipinski definition) is 4. The normalized spacial score (nSPS) is 19.8. The average Bonchev–Trinajstić information content (AvgIpc) is 2.34. The second-order valence-electron chi connectivity index (χ2n) is 4.32. The zero-order valence-electron chi connectivity index (χ0n) is 10.5. The summed E-state index contributed by atoms with van der Waals surface area (Å²) in [4.78, 5) is 2.04. The van der Waals surface area contributed by atoms with E-state index in [1.165, 1.54) is 0 Å². The van der Waals surface area contributed by atoms with Crippen LogP contribution in [0.4, 0.5) is 13.2 Å². The molecule has 114 valence electrons. The number of nitrogens with two attached hydrogens (primary N) is 1. The highest BCUT2D eigenvalue weighted by Gasteiger charge is 2.33. The van der Waals surface area contributed by atoms with Crippen LogP contribution >= 0.6 is 0 Å². The number of nitrogens with zero attached hydrogens (tertiary/aromatic N) is 2. The minimum atomic E-state index is -4.55. The van der Waals surface area contributed by atoms with Crippen LogP contribution in [-0.4, -0.2) is 69.6 Å². The number of alkyl halides is 3. The smallest absolute Gasteiger partial charge is 0.330 e. The molecule has 1 fully saturated rings. The van der Waals surface area contributed by atoms with E-state index in [9.17, 15) is 21.6 Å². The maximum atomic E-state index is 12.0. The topological polar surface area (TPSA) is 78.7 Å². The van der Waals surface area contributed by atoms with Gasteiger partial charge >= 0.3 is 6.18 Å². The van der Waals surface area contributed by atoms with Gasteiger partial charge < -0.3 is 10.6 Å². The molecule has 0 unspecified atom stereocenters. The Morgan fingerprint density at radius 2 is 1.74 bits per heavy atom. The third kappa shape index (κ3) is 6.04. The molecule has 0 saturated carbocycles. The van der Waals surface area contributed by atoms with Crippen molar-refractivity contribution in [3.63, 3.8) is 0 Å². The standard InChI is InChI=1S/C9H19F3N4O2S/c10-9(11,12)8-14-19(17,18)16-6-4-15(5-7-16)3-1-2-13/h14H,1-8,13H2. The first-order valence-corrected chi connectivity index (χ1v) is 7.42. The zero-order valence-corrected chi connectivity index (χ0v) is 11.3. The van der Waals surface area contributed by atoms with E-state index < -0.39 is 22.9 Å². The molecule has 0 aliphatic carbocycles. The van der Waals surface area contributed by atoms with E-state index in [0.29, 0.717) is 19.6 Å². The van der Waals surface area contributed by atoms with Crippen LogP contribution < -0.4 is 10.5 Å². The summed E-state index contributed by atoms with van der Waals surface area (Å²) in [6, 6.07) is 0. The summed E-state index contributed by atoms with van der Waals surface area (Å²) in [7, 11) is -4.05. The van der Waals surface area contributed by atoms with Gasteiger partial charge in [-0.15, -0.1) is 0 Å². The second kappa shape index (κ2) is 6.84. The number of piperazine rings is 1. The summed E-state index contributed by atoms with van der Waals surface area (Å²) >= 11 is 0. The Morgan fingerprint density at radius 1 is 1.16 bits per heavy atom. The molecule has 0 bridgehead atoms. The van der Waals surface area contributed by atoms with Crippen LogP contribution in [0.5, 0.6) is 0 Å². The monoisotopic (exact) mass is 304 g/mol. The summed E-state index contributed by atoms with van der Waals surface area (Å²) in [5.74, 6) is 0. The van der Waals surface area contributed by atoms with Crippen molar-refractivity contribution in [2.24, 2.45) is 5.73 Å². The molecule has 0 aromatic carbocycles.